The van der Waals surface area contributed by atoms with Gasteiger partial charge in [-0.15, -0.1) is 0 Å². The van der Waals surface area contributed by atoms with Crippen LogP contribution in [0.15, 0.2) is 12.1 Å². The maximum Gasteiger partial charge on any atom is 0.356 e. The molecule has 2 aromatic rings. The Morgan fingerprint density at radius 3 is 2.42 bits per heavy atom. The van der Waals surface area contributed by atoms with E-state index in [0.29, 0.717) is 0 Å². The Labute approximate surface area is 111 Å². The summed E-state index contributed by atoms with van der Waals surface area (Å²) in [6.07, 6.45) is 0. The minimum absolute atomic E-state index is 0.0957. The third-order valence-electron chi connectivity index (χ3n) is 2.55. The number of aromatic carboxylic acids is 1. The number of halogens is 1. The molecule has 0 spiro atoms. The summed E-state index contributed by atoms with van der Waals surface area (Å²) in [6, 6.07) is 2.05. The molecule has 0 aliphatic heterocycles. The van der Waals surface area contributed by atoms with Crippen LogP contribution in [0.2, 0.25) is 5.02 Å². The van der Waals surface area contributed by atoms with Gasteiger partial charge >= 0.3 is 5.97 Å². The smallest absolute Gasteiger partial charge is 0.356 e. The van der Waals surface area contributed by atoms with Crippen molar-refractivity contribution < 1.29 is 25.2 Å². The monoisotopic (exact) mass is 284 g/mol. The van der Waals surface area contributed by atoms with Crippen LogP contribution < -0.4 is 0 Å². The Balaban J connectivity index is 2.75. The standard InChI is InChI=1S/C11H9ClN2O5/c1-14-5(2-4(13-14)11(18)19)8-9(12)6(15)3-7(16)10(8)17/h2-3,15-17H,1H3,(H,18,19). The van der Waals surface area contributed by atoms with Gasteiger partial charge in [-0.05, 0) is 6.07 Å². The molecule has 0 atom stereocenters. The van der Waals surface area contributed by atoms with E-state index in [4.69, 9.17) is 16.7 Å². The van der Waals surface area contributed by atoms with Crippen LogP contribution in [0.4, 0.5) is 0 Å². The predicted octanol–water partition coefficient (Wildman–Crippen LogP) is 1.56. The van der Waals surface area contributed by atoms with Crippen molar-refractivity contribution in [3.8, 4) is 28.5 Å². The molecule has 1 heterocycles. The first-order valence-electron chi connectivity index (χ1n) is 5.04. The molecule has 0 unspecified atom stereocenters. The lowest BCUT2D eigenvalue weighted by atomic mass is 10.1. The van der Waals surface area contributed by atoms with Crippen molar-refractivity contribution in [2.45, 2.75) is 0 Å². The summed E-state index contributed by atoms with van der Waals surface area (Å²) in [6.45, 7) is 0. The van der Waals surface area contributed by atoms with Gasteiger partial charge in [0.2, 0.25) is 0 Å². The summed E-state index contributed by atoms with van der Waals surface area (Å²) in [7, 11) is 1.44. The number of aromatic hydroxyl groups is 3. The van der Waals surface area contributed by atoms with Gasteiger partial charge in [0.25, 0.3) is 0 Å². The molecule has 0 aliphatic carbocycles. The highest BCUT2D eigenvalue weighted by molar-refractivity contribution is 6.35. The van der Waals surface area contributed by atoms with Gasteiger partial charge < -0.3 is 20.4 Å². The zero-order valence-electron chi connectivity index (χ0n) is 9.62. The fourth-order valence-electron chi connectivity index (χ4n) is 1.66. The van der Waals surface area contributed by atoms with Gasteiger partial charge in [0.15, 0.2) is 17.2 Å². The van der Waals surface area contributed by atoms with Gasteiger partial charge in [-0.1, -0.05) is 11.6 Å². The van der Waals surface area contributed by atoms with Crippen molar-refractivity contribution in [3.05, 3.63) is 22.8 Å². The van der Waals surface area contributed by atoms with E-state index >= 15 is 0 Å². The van der Waals surface area contributed by atoms with E-state index in [1.807, 2.05) is 0 Å². The number of aryl methyl sites for hydroxylation is 1. The van der Waals surface area contributed by atoms with Crippen LogP contribution >= 0.6 is 11.6 Å². The lowest BCUT2D eigenvalue weighted by Crippen LogP contribution is -1.99. The van der Waals surface area contributed by atoms with Crippen LogP contribution in [0.5, 0.6) is 17.2 Å². The highest BCUT2D eigenvalue weighted by atomic mass is 35.5. The lowest BCUT2D eigenvalue weighted by molar-refractivity contribution is 0.0689. The maximum atomic E-state index is 10.8. The average Bonchev–Trinajstić information content (AvgIpc) is 2.70. The van der Waals surface area contributed by atoms with E-state index in [1.54, 1.807) is 0 Å². The van der Waals surface area contributed by atoms with E-state index in [-0.39, 0.29) is 22.0 Å². The quantitative estimate of drug-likeness (QED) is 0.491. The largest absolute Gasteiger partial charge is 0.506 e. The summed E-state index contributed by atoms with van der Waals surface area (Å²) >= 11 is 5.86. The van der Waals surface area contributed by atoms with Crippen molar-refractivity contribution in [1.29, 1.82) is 0 Å². The number of hydrogen-bond donors (Lipinski definition) is 4. The molecule has 2 rings (SSSR count). The van der Waals surface area contributed by atoms with Gasteiger partial charge in [0.05, 0.1) is 16.3 Å². The molecule has 0 radical (unpaired) electrons. The molecule has 0 fully saturated rings. The number of carbonyl (C=O) groups is 1. The van der Waals surface area contributed by atoms with E-state index in [9.17, 15) is 20.1 Å². The SMILES string of the molecule is Cn1nc(C(=O)O)cc1-c1c(O)c(O)cc(O)c1Cl. The number of benzene rings is 1. The molecule has 0 amide bonds. The third-order valence-corrected chi connectivity index (χ3v) is 2.93. The second-order valence-corrected chi connectivity index (χ2v) is 4.17. The zero-order valence-corrected chi connectivity index (χ0v) is 10.4. The van der Waals surface area contributed by atoms with Gasteiger partial charge in [-0.3, -0.25) is 4.68 Å². The van der Waals surface area contributed by atoms with E-state index < -0.39 is 23.2 Å². The van der Waals surface area contributed by atoms with Gasteiger partial charge in [0, 0.05) is 13.1 Å². The zero-order chi connectivity index (χ0) is 14.3. The number of phenolic OH excluding ortho intramolecular Hbond substituents is 3. The first kappa shape index (κ1) is 13.0. The number of rotatable bonds is 2. The second kappa shape index (κ2) is 4.36. The molecule has 4 N–H and O–H groups in total. The van der Waals surface area contributed by atoms with Gasteiger partial charge in [-0.25, -0.2) is 4.79 Å². The highest BCUT2D eigenvalue weighted by Crippen LogP contribution is 2.46. The van der Waals surface area contributed by atoms with Crippen LogP contribution in [-0.4, -0.2) is 36.2 Å². The number of nitrogens with zero attached hydrogens (tertiary/aromatic N) is 2. The first-order chi connectivity index (χ1) is 8.82. The number of hydrogen-bond acceptors (Lipinski definition) is 5. The maximum absolute atomic E-state index is 10.8. The first-order valence-corrected chi connectivity index (χ1v) is 5.41. The molecular weight excluding hydrogens is 276 g/mol. The molecule has 0 saturated carbocycles. The summed E-state index contributed by atoms with van der Waals surface area (Å²) in [5.74, 6) is -2.83. The van der Waals surface area contributed by atoms with Crippen molar-refractivity contribution in [3.63, 3.8) is 0 Å². The van der Waals surface area contributed by atoms with Crippen LogP contribution in [0, 0.1) is 0 Å². The average molecular weight is 285 g/mol. The van der Waals surface area contributed by atoms with E-state index in [1.165, 1.54) is 17.8 Å². The van der Waals surface area contributed by atoms with E-state index in [0.717, 1.165) is 6.07 Å². The minimum Gasteiger partial charge on any atom is -0.506 e. The van der Waals surface area contributed by atoms with Crippen LogP contribution in [0.25, 0.3) is 11.3 Å². The Morgan fingerprint density at radius 1 is 1.26 bits per heavy atom. The van der Waals surface area contributed by atoms with Gasteiger partial charge in [-0.2, -0.15) is 5.10 Å². The van der Waals surface area contributed by atoms with Crippen molar-refractivity contribution in [1.82, 2.24) is 9.78 Å². The molecule has 0 aliphatic rings. The molecule has 1 aromatic heterocycles. The van der Waals surface area contributed by atoms with Crippen molar-refractivity contribution >= 4 is 17.6 Å². The van der Waals surface area contributed by atoms with Crippen LogP contribution in [0.3, 0.4) is 0 Å². The second-order valence-electron chi connectivity index (χ2n) is 3.80. The Kier molecular flexibility index (Phi) is 2.99. The Morgan fingerprint density at radius 2 is 1.89 bits per heavy atom. The third kappa shape index (κ3) is 2.04. The lowest BCUT2D eigenvalue weighted by Gasteiger charge is -2.10. The number of carboxylic acid groups (broad SMARTS) is 1. The summed E-state index contributed by atoms with van der Waals surface area (Å²) < 4.78 is 1.17. The van der Waals surface area contributed by atoms with Crippen molar-refractivity contribution in [2.75, 3.05) is 0 Å². The number of carboxylic acids is 1. The fraction of sp³-hybridized carbons (Fsp3) is 0.0909. The molecule has 8 heteroatoms. The van der Waals surface area contributed by atoms with E-state index in [2.05, 4.69) is 5.10 Å². The fourth-order valence-corrected chi connectivity index (χ4v) is 1.90. The van der Waals surface area contributed by atoms with Gasteiger partial charge in [0.1, 0.15) is 5.75 Å². The molecule has 100 valence electrons. The molecule has 0 saturated heterocycles. The molecule has 1 aromatic carbocycles. The molecular formula is C11H9ClN2O5. The Bertz CT molecular complexity index is 654. The van der Waals surface area contributed by atoms with Crippen molar-refractivity contribution in [2.24, 2.45) is 7.05 Å². The van der Waals surface area contributed by atoms with Crippen LogP contribution in [0.1, 0.15) is 10.5 Å². The summed E-state index contributed by atoms with van der Waals surface area (Å²) in [5.41, 5.74) is -0.205. The predicted molar refractivity (Wildman–Crippen MR) is 65.6 cm³/mol. The summed E-state index contributed by atoms with van der Waals surface area (Å²) in [4.78, 5) is 10.8. The molecule has 19 heavy (non-hydrogen) atoms. The number of aromatic nitrogens is 2. The molecule has 7 nitrogen and oxygen atoms in total. The van der Waals surface area contributed by atoms with Crippen LogP contribution in [-0.2, 0) is 7.05 Å². The minimum atomic E-state index is -1.25. The number of phenols is 3. The summed E-state index contributed by atoms with van der Waals surface area (Å²) in [5, 5.41) is 41.1. The normalized spacial score (nSPS) is 10.6. The molecule has 0 bridgehead atoms. The Hall–Kier alpha value is -2.41. The highest BCUT2D eigenvalue weighted by Gasteiger charge is 2.22. The topological polar surface area (TPSA) is 116 Å².